The number of amides is 3. The predicted octanol–water partition coefficient (Wildman–Crippen LogP) is 2.44. The van der Waals surface area contributed by atoms with Gasteiger partial charge in [-0.2, -0.15) is 0 Å². The first-order valence-corrected chi connectivity index (χ1v) is 9.87. The normalized spacial score (nSPS) is 27.4. The second kappa shape index (κ2) is 7.66. The van der Waals surface area contributed by atoms with Crippen LogP contribution in [0.2, 0.25) is 0 Å². The van der Waals surface area contributed by atoms with E-state index >= 15 is 0 Å². The van der Waals surface area contributed by atoms with E-state index in [1.807, 2.05) is 18.2 Å². The summed E-state index contributed by atoms with van der Waals surface area (Å²) in [6.45, 7) is 3.70. The van der Waals surface area contributed by atoms with E-state index in [9.17, 15) is 9.59 Å². The molecular formula is C20H27N3O4. The van der Waals surface area contributed by atoms with E-state index in [0.29, 0.717) is 43.6 Å². The summed E-state index contributed by atoms with van der Waals surface area (Å²) < 4.78 is 11.1. The predicted molar refractivity (Wildman–Crippen MR) is 101 cm³/mol. The summed E-state index contributed by atoms with van der Waals surface area (Å²) >= 11 is 0. The molecule has 2 heterocycles. The molecule has 27 heavy (non-hydrogen) atoms. The maximum atomic E-state index is 12.5. The average Bonchev–Trinajstić information content (AvgIpc) is 3.03. The molecule has 3 aliphatic rings. The number of carbonyl (C=O) groups is 2. The highest BCUT2D eigenvalue weighted by Crippen LogP contribution is 2.35. The van der Waals surface area contributed by atoms with Crippen LogP contribution in [0, 0.1) is 5.92 Å². The van der Waals surface area contributed by atoms with Crippen LogP contribution in [-0.4, -0.2) is 43.8 Å². The molecule has 2 N–H and O–H groups in total. The van der Waals surface area contributed by atoms with Crippen molar-refractivity contribution in [1.29, 1.82) is 0 Å². The SMILES string of the molecule is C[C@H]1CCCC[C@@H]1NC(=O)N[C@@H]1CC(=O)N(c2ccc3c(c2)OCCO3)C1. The van der Waals surface area contributed by atoms with Crippen LogP contribution in [0.1, 0.15) is 39.0 Å². The Morgan fingerprint density at radius 1 is 1.11 bits per heavy atom. The highest BCUT2D eigenvalue weighted by molar-refractivity contribution is 5.97. The first-order valence-electron chi connectivity index (χ1n) is 9.87. The number of nitrogens with one attached hydrogen (secondary N) is 2. The first kappa shape index (κ1) is 17.9. The molecule has 1 aliphatic carbocycles. The van der Waals surface area contributed by atoms with Crippen LogP contribution in [0.25, 0.3) is 0 Å². The zero-order chi connectivity index (χ0) is 18.8. The third-order valence-electron chi connectivity index (χ3n) is 5.73. The molecule has 1 saturated carbocycles. The lowest BCUT2D eigenvalue weighted by Gasteiger charge is -2.30. The molecule has 0 bridgehead atoms. The van der Waals surface area contributed by atoms with Crippen molar-refractivity contribution in [2.24, 2.45) is 5.92 Å². The minimum atomic E-state index is -0.190. The molecule has 7 heteroatoms. The number of hydrogen-bond acceptors (Lipinski definition) is 4. The number of nitrogens with zero attached hydrogens (tertiary/aromatic N) is 1. The second-order valence-corrected chi connectivity index (χ2v) is 7.72. The molecule has 1 aromatic rings. The fraction of sp³-hybridized carbons (Fsp3) is 0.600. The van der Waals surface area contributed by atoms with Crippen molar-refractivity contribution in [1.82, 2.24) is 10.6 Å². The Hall–Kier alpha value is -2.44. The summed E-state index contributed by atoms with van der Waals surface area (Å²) in [6, 6.07) is 5.38. The molecule has 4 rings (SSSR count). The molecular weight excluding hydrogens is 346 g/mol. The van der Waals surface area contributed by atoms with Crippen LogP contribution in [0.4, 0.5) is 10.5 Å². The number of anilines is 1. The Morgan fingerprint density at radius 3 is 2.70 bits per heavy atom. The molecule has 1 aromatic carbocycles. The fourth-order valence-corrected chi connectivity index (χ4v) is 4.18. The average molecular weight is 373 g/mol. The number of carbonyl (C=O) groups excluding carboxylic acids is 2. The number of fused-ring (bicyclic) bond motifs is 1. The van der Waals surface area contributed by atoms with Gasteiger partial charge in [0, 0.05) is 30.8 Å². The summed E-state index contributed by atoms with van der Waals surface area (Å²) in [5.41, 5.74) is 0.773. The van der Waals surface area contributed by atoms with Gasteiger partial charge in [-0.25, -0.2) is 4.79 Å². The lowest BCUT2D eigenvalue weighted by atomic mass is 9.86. The molecule has 0 radical (unpaired) electrons. The summed E-state index contributed by atoms with van der Waals surface area (Å²) in [5, 5.41) is 6.06. The van der Waals surface area contributed by atoms with Gasteiger partial charge in [0.1, 0.15) is 13.2 Å². The number of benzene rings is 1. The van der Waals surface area contributed by atoms with E-state index in [0.717, 1.165) is 24.9 Å². The summed E-state index contributed by atoms with van der Waals surface area (Å²) in [4.78, 5) is 26.5. The Morgan fingerprint density at radius 2 is 1.89 bits per heavy atom. The standard InChI is InChI=1S/C20H27N3O4/c1-13-4-2-3-5-16(13)22-20(25)21-14-10-19(24)23(12-14)15-6-7-17-18(11-15)27-9-8-26-17/h6-7,11,13-14,16H,2-5,8-10,12H2,1H3,(H2,21,22,25)/t13-,14+,16-/m0/s1. The second-order valence-electron chi connectivity index (χ2n) is 7.72. The van der Waals surface area contributed by atoms with Gasteiger partial charge in [-0.1, -0.05) is 19.8 Å². The van der Waals surface area contributed by atoms with Crippen LogP contribution in [0.15, 0.2) is 18.2 Å². The Balaban J connectivity index is 1.35. The van der Waals surface area contributed by atoms with E-state index < -0.39 is 0 Å². The van der Waals surface area contributed by atoms with Crippen molar-refractivity contribution in [2.45, 2.75) is 51.1 Å². The molecule has 1 saturated heterocycles. The van der Waals surface area contributed by atoms with Gasteiger partial charge in [0.2, 0.25) is 5.91 Å². The van der Waals surface area contributed by atoms with Crippen LogP contribution >= 0.6 is 0 Å². The van der Waals surface area contributed by atoms with E-state index in [-0.39, 0.29) is 24.0 Å². The van der Waals surface area contributed by atoms with E-state index in [1.165, 1.54) is 6.42 Å². The summed E-state index contributed by atoms with van der Waals surface area (Å²) in [5.74, 6) is 1.87. The Kier molecular flexibility index (Phi) is 5.09. The van der Waals surface area contributed by atoms with Crippen molar-refractivity contribution in [2.75, 3.05) is 24.7 Å². The molecule has 0 spiro atoms. The van der Waals surface area contributed by atoms with Gasteiger partial charge in [0.25, 0.3) is 0 Å². The third-order valence-corrected chi connectivity index (χ3v) is 5.73. The number of rotatable bonds is 3. The van der Waals surface area contributed by atoms with E-state index in [4.69, 9.17) is 9.47 Å². The zero-order valence-electron chi connectivity index (χ0n) is 15.7. The summed E-state index contributed by atoms with van der Waals surface area (Å²) in [7, 11) is 0. The van der Waals surface area contributed by atoms with E-state index in [1.54, 1.807) is 4.90 Å². The highest BCUT2D eigenvalue weighted by atomic mass is 16.6. The molecule has 2 aliphatic heterocycles. The van der Waals surface area contributed by atoms with E-state index in [2.05, 4.69) is 17.6 Å². The molecule has 2 fully saturated rings. The molecule has 0 aromatic heterocycles. The minimum Gasteiger partial charge on any atom is -0.486 e. The molecule has 3 atom stereocenters. The zero-order valence-corrected chi connectivity index (χ0v) is 15.7. The van der Waals surface area contributed by atoms with Gasteiger partial charge < -0.3 is 25.0 Å². The van der Waals surface area contributed by atoms with Gasteiger partial charge in [0.05, 0.1) is 6.04 Å². The van der Waals surface area contributed by atoms with Gasteiger partial charge in [-0.15, -0.1) is 0 Å². The van der Waals surface area contributed by atoms with Crippen LogP contribution < -0.4 is 25.0 Å². The lowest BCUT2D eigenvalue weighted by Crippen LogP contribution is -2.49. The van der Waals surface area contributed by atoms with Gasteiger partial charge in [-0.05, 0) is 30.9 Å². The molecule has 3 amide bonds. The van der Waals surface area contributed by atoms with Gasteiger partial charge >= 0.3 is 6.03 Å². The van der Waals surface area contributed by atoms with Crippen LogP contribution in [0.3, 0.4) is 0 Å². The number of urea groups is 1. The topological polar surface area (TPSA) is 79.9 Å². The number of hydrogen-bond donors (Lipinski definition) is 2. The van der Waals surface area contributed by atoms with Gasteiger partial charge in [0.15, 0.2) is 11.5 Å². The maximum Gasteiger partial charge on any atom is 0.315 e. The number of ether oxygens (including phenoxy) is 2. The summed E-state index contributed by atoms with van der Waals surface area (Å²) in [6.07, 6.45) is 4.89. The van der Waals surface area contributed by atoms with Gasteiger partial charge in [-0.3, -0.25) is 4.79 Å². The molecule has 0 unspecified atom stereocenters. The van der Waals surface area contributed by atoms with Crippen molar-refractivity contribution < 1.29 is 19.1 Å². The monoisotopic (exact) mass is 373 g/mol. The van der Waals surface area contributed by atoms with Crippen molar-refractivity contribution in [3.63, 3.8) is 0 Å². The first-order chi connectivity index (χ1) is 13.1. The highest BCUT2D eigenvalue weighted by Gasteiger charge is 2.33. The fourth-order valence-electron chi connectivity index (χ4n) is 4.18. The lowest BCUT2D eigenvalue weighted by molar-refractivity contribution is -0.117. The van der Waals surface area contributed by atoms with Crippen molar-refractivity contribution in [3.8, 4) is 11.5 Å². The Bertz CT molecular complexity index is 723. The van der Waals surface area contributed by atoms with Crippen LogP contribution in [-0.2, 0) is 4.79 Å². The molecule has 146 valence electrons. The molecule has 7 nitrogen and oxygen atoms in total. The Labute approximate surface area is 159 Å². The van der Waals surface area contributed by atoms with Crippen molar-refractivity contribution >= 4 is 17.6 Å². The van der Waals surface area contributed by atoms with Crippen LogP contribution in [0.5, 0.6) is 11.5 Å². The third kappa shape index (κ3) is 3.96. The quantitative estimate of drug-likeness (QED) is 0.853. The maximum absolute atomic E-state index is 12.5. The minimum absolute atomic E-state index is 0.00279. The smallest absolute Gasteiger partial charge is 0.315 e. The van der Waals surface area contributed by atoms with Crippen molar-refractivity contribution in [3.05, 3.63) is 18.2 Å². The largest absolute Gasteiger partial charge is 0.486 e.